The minimum atomic E-state index is -0.356. The maximum atomic E-state index is 12.4. The van der Waals surface area contributed by atoms with E-state index < -0.39 is 0 Å². The highest BCUT2D eigenvalue weighted by atomic mass is 32.2. The Morgan fingerprint density at radius 1 is 1.32 bits per heavy atom. The summed E-state index contributed by atoms with van der Waals surface area (Å²) in [7, 11) is 0. The number of urea groups is 1. The second-order valence-corrected chi connectivity index (χ2v) is 7.39. The van der Waals surface area contributed by atoms with Crippen LogP contribution >= 0.6 is 11.8 Å². The monoisotopic (exact) mass is 323 g/mol. The fourth-order valence-corrected chi connectivity index (χ4v) is 3.54. The van der Waals surface area contributed by atoms with Gasteiger partial charge in [-0.3, -0.25) is 9.69 Å². The average molecular weight is 323 g/mol. The second kappa shape index (κ2) is 5.91. The number of rotatable bonds is 5. The van der Waals surface area contributed by atoms with E-state index in [1.54, 1.807) is 0 Å². The van der Waals surface area contributed by atoms with Crippen molar-refractivity contribution in [2.75, 3.05) is 13.1 Å². The highest BCUT2D eigenvalue weighted by Gasteiger charge is 2.34. The van der Waals surface area contributed by atoms with E-state index >= 15 is 0 Å². The molecule has 1 saturated heterocycles. The molecule has 22 heavy (non-hydrogen) atoms. The van der Waals surface area contributed by atoms with Gasteiger partial charge in [-0.15, -0.1) is 10.2 Å². The van der Waals surface area contributed by atoms with E-state index in [2.05, 4.69) is 33.9 Å². The summed E-state index contributed by atoms with van der Waals surface area (Å²) in [6.07, 6.45) is 2.28. The molecule has 1 aromatic rings. The van der Waals surface area contributed by atoms with Gasteiger partial charge in [-0.25, -0.2) is 4.79 Å². The first kappa shape index (κ1) is 15.3. The maximum Gasteiger partial charge on any atom is 0.324 e. The first-order valence-electron chi connectivity index (χ1n) is 7.69. The molecule has 0 bridgehead atoms. The van der Waals surface area contributed by atoms with Gasteiger partial charge in [0.25, 0.3) is 0 Å². The lowest BCUT2D eigenvalue weighted by Crippen LogP contribution is -2.39. The van der Waals surface area contributed by atoms with Crippen LogP contribution in [0.4, 0.5) is 4.79 Å². The first-order chi connectivity index (χ1) is 10.5. The van der Waals surface area contributed by atoms with Crippen LogP contribution in [0, 0.1) is 0 Å². The fourth-order valence-electron chi connectivity index (χ4n) is 2.55. The third-order valence-corrected chi connectivity index (χ3v) is 4.92. The molecule has 7 nitrogen and oxygen atoms in total. The molecule has 2 fully saturated rings. The first-order valence-corrected chi connectivity index (χ1v) is 8.57. The van der Waals surface area contributed by atoms with Gasteiger partial charge in [-0.2, -0.15) is 0 Å². The molecule has 0 aromatic carbocycles. The molecule has 1 aromatic heterocycles. The van der Waals surface area contributed by atoms with Crippen molar-refractivity contribution in [2.24, 2.45) is 0 Å². The van der Waals surface area contributed by atoms with Crippen LogP contribution < -0.4 is 5.32 Å². The van der Waals surface area contributed by atoms with Gasteiger partial charge in [-0.05, 0) is 19.8 Å². The summed E-state index contributed by atoms with van der Waals surface area (Å²) < 4.78 is 2.17. The summed E-state index contributed by atoms with van der Waals surface area (Å²) in [4.78, 5) is 25.3. The predicted molar refractivity (Wildman–Crippen MR) is 82.8 cm³/mol. The summed E-state index contributed by atoms with van der Waals surface area (Å²) in [6.45, 7) is 6.98. The number of amides is 3. The minimum absolute atomic E-state index is 0.170. The molecule has 0 spiro atoms. The fraction of sp³-hybridized carbons (Fsp3) is 0.714. The average Bonchev–Trinajstić information content (AvgIpc) is 3.08. The van der Waals surface area contributed by atoms with E-state index in [0.717, 1.165) is 23.8 Å². The van der Waals surface area contributed by atoms with Crippen LogP contribution in [0.1, 0.15) is 51.4 Å². The van der Waals surface area contributed by atoms with Crippen molar-refractivity contribution in [3.8, 4) is 0 Å². The van der Waals surface area contributed by atoms with E-state index in [4.69, 9.17) is 0 Å². The Hall–Kier alpha value is -1.57. The van der Waals surface area contributed by atoms with Crippen molar-refractivity contribution in [3.05, 3.63) is 5.82 Å². The van der Waals surface area contributed by atoms with Gasteiger partial charge in [0, 0.05) is 25.0 Å². The molecule has 1 aliphatic heterocycles. The summed E-state index contributed by atoms with van der Waals surface area (Å²) in [5, 5.41) is 11.6. The van der Waals surface area contributed by atoms with E-state index in [1.807, 2.05) is 6.92 Å². The van der Waals surface area contributed by atoms with Crippen molar-refractivity contribution < 1.29 is 9.59 Å². The zero-order chi connectivity index (χ0) is 15.9. The van der Waals surface area contributed by atoms with Crippen LogP contribution in [0.2, 0.25) is 0 Å². The zero-order valence-corrected chi connectivity index (χ0v) is 13.9. The Morgan fingerprint density at radius 2 is 2.05 bits per heavy atom. The Bertz CT molecular complexity index is 596. The van der Waals surface area contributed by atoms with Crippen molar-refractivity contribution >= 4 is 23.7 Å². The predicted octanol–water partition coefficient (Wildman–Crippen LogP) is 1.77. The largest absolute Gasteiger partial charge is 0.336 e. The van der Waals surface area contributed by atoms with Crippen LogP contribution in [-0.2, 0) is 4.79 Å². The number of imide groups is 1. The number of aromatic nitrogens is 3. The van der Waals surface area contributed by atoms with Crippen LogP contribution in [0.3, 0.4) is 0 Å². The number of nitrogens with one attached hydrogen (secondary N) is 1. The Labute approximate surface area is 133 Å². The lowest BCUT2D eigenvalue weighted by Gasteiger charge is -2.18. The molecule has 3 rings (SSSR count). The summed E-state index contributed by atoms with van der Waals surface area (Å²) in [5.41, 5.74) is 0. The lowest BCUT2D eigenvalue weighted by atomic mass is 10.2. The van der Waals surface area contributed by atoms with Gasteiger partial charge in [-0.1, -0.05) is 25.6 Å². The molecule has 0 radical (unpaired) electrons. The molecular formula is C14H21N5O2S. The van der Waals surface area contributed by atoms with Crippen molar-refractivity contribution in [3.63, 3.8) is 0 Å². The molecule has 0 unspecified atom stereocenters. The van der Waals surface area contributed by atoms with E-state index in [0.29, 0.717) is 25.0 Å². The van der Waals surface area contributed by atoms with Crippen LogP contribution in [0.25, 0.3) is 0 Å². The van der Waals surface area contributed by atoms with E-state index in [9.17, 15) is 9.59 Å². The SMILES string of the molecule is CC(C)c1nnc(S[C@@H](C)C(=O)N2CCNC2=O)n1C1CC1. The van der Waals surface area contributed by atoms with Crippen molar-refractivity contribution in [1.29, 1.82) is 0 Å². The molecule has 1 N–H and O–H groups in total. The number of carbonyl (C=O) groups excluding carboxylic acids is 2. The summed E-state index contributed by atoms with van der Waals surface area (Å²) >= 11 is 1.39. The van der Waals surface area contributed by atoms with Gasteiger partial charge in [0.2, 0.25) is 5.91 Å². The van der Waals surface area contributed by atoms with Crippen LogP contribution in [-0.4, -0.2) is 49.9 Å². The topological polar surface area (TPSA) is 80.1 Å². The van der Waals surface area contributed by atoms with Crippen LogP contribution in [0.5, 0.6) is 0 Å². The van der Waals surface area contributed by atoms with Gasteiger partial charge in [0.15, 0.2) is 5.16 Å². The summed E-state index contributed by atoms with van der Waals surface area (Å²) in [6, 6.07) is 0.163. The highest BCUT2D eigenvalue weighted by Crippen LogP contribution is 2.40. The standard InChI is InChI=1S/C14H21N5O2S/c1-8(2)11-16-17-14(19(11)10-4-5-10)22-9(3)12(20)18-7-6-15-13(18)21/h8-10H,4-7H2,1-3H3,(H,15,21)/t9-/m0/s1. The third kappa shape index (κ3) is 2.84. The Kier molecular flexibility index (Phi) is 4.12. The normalized spacial score (nSPS) is 19.6. The number of thioether (sulfide) groups is 1. The third-order valence-electron chi connectivity index (χ3n) is 3.87. The molecule has 2 heterocycles. The maximum absolute atomic E-state index is 12.4. The quantitative estimate of drug-likeness (QED) is 0.835. The number of hydrogen-bond donors (Lipinski definition) is 1. The number of carbonyl (C=O) groups is 2. The van der Waals surface area contributed by atoms with Crippen molar-refractivity contribution in [1.82, 2.24) is 25.0 Å². The highest BCUT2D eigenvalue weighted by molar-refractivity contribution is 8.00. The molecule has 120 valence electrons. The Morgan fingerprint density at radius 3 is 2.59 bits per heavy atom. The second-order valence-electron chi connectivity index (χ2n) is 6.08. The molecule has 1 saturated carbocycles. The molecule has 1 aliphatic carbocycles. The molecule has 1 atom stereocenters. The molecule has 8 heteroatoms. The minimum Gasteiger partial charge on any atom is -0.336 e. The molecule has 3 amide bonds. The molecule has 2 aliphatic rings. The lowest BCUT2D eigenvalue weighted by molar-refractivity contribution is -0.126. The van der Waals surface area contributed by atoms with Gasteiger partial charge < -0.3 is 9.88 Å². The van der Waals surface area contributed by atoms with Crippen LogP contribution in [0.15, 0.2) is 5.16 Å². The Balaban J connectivity index is 1.75. The smallest absolute Gasteiger partial charge is 0.324 e. The number of hydrogen-bond acceptors (Lipinski definition) is 5. The van der Waals surface area contributed by atoms with Gasteiger partial charge in [0.05, 0.1) is 5.25 Å². The van der Waals surface area contributed by atoms with E-state index in [-0.39, 0.29) is 17.2 Å². The summed E-state index contributed by atoms with van der Waals surface area (Å²) in [5.74, 6) is 1.11. The number of nitrogens with zero attached hydrogens (tertiary/aromatic N) is 4. The van der Waals surface area contributed by atoms with E-state index in [1.165, 1.54) is 16.7 Å². The van der Waals surface area contributed by atoms with Gasteiger partial charge >= 0.3 is 6.03 Å². The van der Waals surface area contributed by atoms with Crippen molar-refractivity contribution in [2.45, 2.75) is 56.0 Å². The van der Waals surface area contributed by atoms with Gasteiger partial charge in [0.1, 0.15) is 5.82 Å². The zero-order valence-electron chi connectivity index (χ0n) is 13.1. The molecular weight excluding hydrogens is 302 g/mol.